The maximum Gasteiger partial charge on any atom is 0.0168 e. The van der Waals surface area contributed by atoms with Crippen molar-refractivity contribution in [1.82, 2.24) is 5.32 Å². The molecule has 2 unspecified atom stereocenters. The molecule has 12 heavy (non-hydrogen) atoms. The van der Waals surface area contributed by atoms with Gasteiger partial charge in [-0.1, -0.05) is 6.92 Å². The van der Waals surface area contributed by atoms with E-state index in [0.29, 0.717) is 6.04 Å². The summed E-state index contributed by atoms with van der Waals surface area (Å²) in [6.45, 7) is 4.52. The van der Waals surface area contributed by atoms with Crippen molar-refractivity contribution in [2.45, 2.75) is 32.4 Å². The van der Waals surface area contributed by atoms with Gasteiger partial charge in [0.25, 0.3) is 0 Å². The molecule has 0 amide bonds. The summed E-state index contributed by atoms with van der Waals surface area (Å²) in [5.74, 6) is 5.18. The Labute approximate surface area is 84.4 Å². The normalized spacial score (nSPS) is 26.0. The summed E-state index contributed by atoms with van der Waals surface area (Å²) in [4.78, 5) is 0. The minimum atomic E-state index is 0.693. The lowest BCUT2D eigenvalue weighted by Gasteiger charge is -2.17. The monoisotopic (exact) mass is 205 g/mol. The first-order chi connectivity index (χ1) is 5.83. The molecule has 1 heterocycles. The van der Waals surface area contributed by atoms with Crippen LogP contribution < -0.4 is 5.32 Å². The predicted octanol–water partition coefficient (Wildman–Crippen LogP) is 2.22. The van der Waals surface area contributed by atoms with Gasteiger partial charge < -0.3 is 5.32 Å². The quantitative estimate of drug-likeness (QED) is 0.739. The van der Waals surface area contributed by atoms with Crippen molar-refractivity contribution in [3.8, 4) is 0 Å². The molecule has 1 fully saturated rings. The highest BCUT2D eigenvalue weighted by molar-refractivity contribution is 7.99. The number of thioether (sulfide) groups is 2. The first kappa shape index (κ1) is 10.7. The number of hydrogen-bond donors (Lipinski definition) is 1. The van der Waals surface area contributed by atoms with Crippen LogP contribution in [-0.4, -0.2) is 35.1 Å². The Morgan fingerprint density at radius 3 is 3.08 bits per heavy atom. The molecule has 72 valence electrons. The van der Waals surface area contributed by atoms with Gasteiger partial charge in [-0.2, -0.15) is 23.5 Å². The lowest BCUT2D eigenvalue weighted by Crippen LogP contribution is -2.37. The number of rotatable bonds is 5. The number of nitrogens with one attached hydrogen (secondary N) is 1. The Hall–Kier alpha value is 0.660. The summed E-state index contributed by atoms with van der Waals surface area (Å²) in [6.07, 6.45) is 1.37. The second-order valence-electron chi connectivity index (χ2n) is 3.29. The minimum absolute atomic E-state index is 0.693. The predicted molar refractivity (Wildman–Crippen MR) is 61.3 cm³/mol. The molecule has 1 nitrogen and oxygen atoms in total. The third-order valence-corrected chi connectivity index (χ3v) is 4.33. The highest BCUT2D eigenvalue weighted by atomic mass is 32.2. The fraction of sp³-hybridized carbons (Fsp3) is 1.00. The van der Waals surface area contributed by atoms with E-state index in [9.17, 15) is 0 Å². The zero-order valence-electron chi connectivity index (χ0n) is 8.01. The molecule has 0 spiro atoms. The van der Waals surface area contributed by atoms with Crippen LogP contribution in [0.1, 0.15) is 20.3 Å². The molecule has 0 bridgehead atoms. The molecule has 0 aromatic carbocycles. The molecule has 2 atom stereocenters. The molecule has 1 aliphatic heterocycles. The van der Waals surface area contributed by atoms with Gasteiger partial charge >= 0.3 is 0 Å². The Morgan fingerprint density at radius 1 is 1.67 bits per heavy atom. The highest BCUT2D eigenvalue weighted by Gasteiger charge is 2.16. The van der Waals surface area contributed by atoms with Crippen molar-refractivity contribution in [1.29, 1.82) is 0 Å². The van der Waals surface area contributed by atoms with E-state index in [0.717, 1.165) is 6.04 Å². The average molecular weight is 205 g/mol. The van der Waals surface area contributed by atoms with Crippen molar-refractivity contribution in [3.05, 3.63) is 0 Å². The standard InChI is InChI=1S/C9H19NS2/c1-3-11-6-8(2)10-9-4-5-12-7-9/h8-10H,3-7H2,1-2H3. The van der Waals surface area contributed by atoms with E-state index < -0.39 is 0 Å². The molecule has 0 aromatic heterocycles. The Balaban J connectivity index is 2.03. The van der Waals surface area contributed by atoms with Crippen molar-refractivity contribution < 1.29 is 0 Å². The second-order valence-corrected chi connectivity index (χ2v) is 5.76. The van der Waals surface area contributed by atoms with Gasteiger partial charge in [-0.3, -0.25) is 0 Å². The van der Waals surface area contributed by atoms with E-state index in [-0.39, 0.29) is 0 Å². The minimum Gasteiger partial charge on any atom is -0.310 e. The van der Waals surface area contributed by atoms with Gasteiger partial charge in [0.05, 0.1) is 0 Å². The summed E-state index contributed by atoms with van der Waals surface area (Å²) in [6, 6.07) is 1.49. The molecule has 1 rings (SSSR count). The van der Waals surface area contributed by atoms with Gasteiger partial charge in [0.15, 0.2) is 0 Å². The van der Waals surface area contributed by atoms with Gasteiger partial charge in [0, 0.05) is 23.6 Å². The maximum absolute atomic E-state index is 3.67. The fourth-order valence-corrected chi connectivity index (χ4v) is 3.26. The van der Waals surface area contributed by atoms with Gasteiger partial charge in [-0.25, -0.2) is 0 Å². The van der Waals surface area contributed by atoms with E-state index in [4.69, 9.17) is 0 Å². The molecule has 0 radical (unpaired) electrons. The topological polar surface area (TPSA) is 12.0 Å². The third kappa shape index (κ3) is 4.06. The average Bonchev–Trinajstić information content (AvgIpc) is 2.53. The van der Waals surface area contributed by atoms with Crippen LogP contribution >= 0.6 is 23.5 Å². The van der Waals surface area contributed by atoms with Crippen LogP contribution in [0.2, 0.25) is 0 Å². The van der Waals surface area contributed by atoms with Gasteiger partial charge in [-0.05, 0) is 24.9 Å². The SMILES string of the molecule is CCSCC(C)NC1CCSC1. The Bertz CT molecular complexity index is 113. The van der Waals surface area contributed by atoms with Crippen molar-refractivity contribution in [2.75, 3.05) is 23.0 Å². The largest absolute Gasteiger partial charge is 0.310 e. The summed E-state index contributed by atoms with van der Waals surface area (Å²) in [5, 5.41) is 3.67. The van der Waals surface area contributed by atoms with Crippen molar-refractivity contribution >= 4 is 23.5 Å². The maximum atomic E-state index is 3.67. The fourth-order valence-electron chi connectivity index (χ4n) is 1.41. The molecular weight excluding hydrogens is 186 g/mol. The summed E-state index contributed by atoms with van der Waals surface area (Å²) >= 11 is 4.11. The lowest BCUT2D eigenvalue weighted by atomic mass is 10.2. The number of hydrogen-bond acceptors (Lipinski definition) is 3. The van der Waals surface area contributed by atoms with Crippen LogP contribution in [-0.2, 0) is 0 Å². The summed E-state index contributed by atoms with van der Waals surface area (Å²) < 4.78 is 0. The van der Waals surface area contributed by atoms with Gasteiger partial charge in [0.1, 0.15) is 0 Å². The van der Waals surface area contributed by atoms with E-state index in [1.54, 1.807) is 0 Å². The van der Waals surface area contributed by atoms with Crippen LogP contribution in [0.5, 0.6) is 0 Å². The second kappa shape index (κ2) is 6.17. The zero-order valence-corrected chi connectivity index (χ0v) is 9.64. The Kier molecular flexibility index (Phi) is 5.52. The molecule has 0 saturated carbocycles. The van der Waals surface area contributed by atoms with Crippen LogP contribution in [0, 0.1) is 0 Å². The molecule has 3 heteroatoms. The first-order valence-electron chi connectivity index (χ1n) is 4.74. The van der Waals surface area contributed by atoms with Crippen LogP contribution in [0.15, 0.2) is 0 Å². The molecule has 1 saturated heterocycles. The molecular formula is C9H19NS2. The summed E-state index contributed by atoms with van der Waals surface area (Å²) in [5.41, 5.74) is 0. The van der Waals surface area contributed by atoms with E-state index in [1.165, 1.54) is 29.4 Å². The van der Waals surface area contributed by atoms with E-state index in [2.05, 4.69) is 30.9 Å². The Morgan fingerprint density at radius 2 is 2.50 bits per heavy atom. The van der Waals surface area contributed by atoms with Crippen LogP contribution in [0.4, 0.5) is 0 Å². The van der Waals surface area contributed by atoms with E-state index in [1.807, 2.05) is 11.8 Å². The molecule has 1 N–H and O–H groups in total. The molecule has 1 aliphatic rings. The zero-order chi connectivity index (χ0) is 8.81. The lowest BCUT2D eigenvalue weighted by molar-refractivity contribution is 0.501. The smallest absolute Gasteiger partial charge is 0.0168 e. The van der Waals surface area contributed by atoms with E-state index >= 15 is 0 Å². The van der Waals surface area contributed by atoms with Gasteiger partial charge in [-0.15, -0.1) is 0 Å². The first-order valence-corrected chi connectivity index (χ1v) is 7.05. The highest BCUT2D eigenvalue weighted by Crippen LogP contribution is 2.17. The molecule has 0 aliphatic carbocycles. The van der Waals surface area contributed by atoms with Crippen molar-refractivity contribution in [3.63, 3.8) is 0 Å². The molecule has 0 aromatic rings. The van der Waals surface area contributed by atoms with Crippen LogP contribution in [0.25, 0.3) is 0 Å². The third-order valence-electron chi connectivity index (χ3n) is 2.02. The summed E-state index contributed by atoms with van der Waals surface area (Å²) in [7, 11) is 0. The van der Waals surface area contributed by atoms with Gasteiger partial charge in [0.2, 0.25) is 0 Å². The van der Waals surface area contributed by atoms with Crippen molar-refractivity contribution in [2.24, 2.45) is 0 Å². The van der Waals surface area contributed by atoms with Crippen LogP contribution in [0.3, 0.4) is 0 Å².